The highest BCUT2D eigenvalue weighted by molar-refractivity contribution is 9.10. The summed E-state index contributed by atoms with van der Waals surface area (Å²) in [6.45, 7) is 10.4. The third-order valence-electron chi connectivity index (χ3n) is 3.12. The molecule has 3 heteroatoms. The van der Waals surface area contributed by atoms with Gasteiger partial charge in [0.1, 0.15) is 0 Å². The smallest absolute Gasteiger partial charge is 0.0642 e. The summed E-state index contributed by atoms with van der Waals surface area (Å²) in [6.07, 6.45) is 0. The monoisotopic (exact) mass is 297 g/mol. The van der Waals surface area contributed by atoms with Gasteiger partial charge in [-0.05, 0) is 29.2 Å². The maximum Gasteiger partial charge on any atom is 0.0642 e. The maximum absolute atomic E-state index is 5.42. The lowest BCUT2D eigenvalue weighted by Crippen LogP contribution is -2.37. The van der Waals surface area contributed by atoms with Crippen LogP contribution < -0.4 is 4.90 Å². The summed E-state index contributed by atoms with van der Waals surface area (Å²) in [5.41, 5.74) is 2.91. The van der Waals surface area contributed by atoms with Crippen LogP contribution in [-0.2, 0) is 10.2 Å². The number of nitrogens with zero attached hydrogens (tertiary/aromatic N) is 1. The summed E-state index contributed by atoms with van der Waals surface area (Å²) in [5.74, 6) is 0. The van der Waals surface area contributed by atoms with E-state index < -0.39 is 0 Å². The summed E-state index contributed by atoms with van der Waals surface area (Å²) in [6, 6.07) is 6.58. The minimum absolute atomic E-state index is 0.164. The third kappa shape index (κ3) is 3.02. The molecule has 0 bridgehead atoms. The van der Waals surface area contributed by atoms with Gasteiger partial charge in [-0.25, -0.2) is 0 Å². The van der Waals surface area contributed by atoms with Crippen LogP contribution in [0.3, 0.4) is 0 Å². The van der Waals surface area contributed by atoms with E-state index in [1.165, 1.54) is 11.3 Å². The lowest BCUT2D eigenvalue weighted by Gasteiger charge is -2.34. The molecule has 2 nitrogen and oxygen atoms in total. The third-order valence-corrected chi connectivity index (χ3v) is 3.61. The molecule has 1 saturated heterocycles. The van der Waals surface area contributed by atoms with Gasteiger partial charge in [-0.15, -0.1) is 0 Å². The van der Waals surface area contributed by atoms with E-state index in [4.69, 9.17) is 4.74 Å². The minimum Gasteiger partial charge on any atom is -0.378 e. The molecular weight excluding hydrogens is 278 g/mol. The van der Waals surface area contributed by atoms with Gasteiger partial charge in [0.05, 0.1) is 13.2 Å². The fourth-order valence-electron chi connectivity index (χ4n) is 2.19. The van der Waals surface area contributed by atoms with Crippen LogP contribution in [0.2, 0.25) is 0 Å². The second-order valence-electron chi connectivity index (χ2n) is 5.51. The van der Waals surface area contributed by atoms with Crippen molar-refractivity contribution >= 4 is 21.6 Å². The Morgan fingerprint density at radius 1 is 1.18 bits per heavy atom. The number of benzene rings is 1. The fraction of sp³-hybridized carbons (Fsp3) is 0.571. The topological polar surface area (TPSA) is 12.5 Å². The number of hydrogen-bond donors (Lipinski definition) is 0. The molecule has 0 aliphatic carbocycles. The molecule has 17 heavy (non-hydrogen) atoms. The summed E-state index contributed by atoms with van der Waals surface area (Å²) in [7, 11) is 0. The molecular formula is C14H20BrNO. The van der Waals surface area contributed by atoms with Crippen molar-refractivity contribution in [1.29, 1.82) is 0 Å². The maximum atomic E-state index is 5.42. The number of halogens is 1. The zero-order chi connectivity index (χ0) is 12.5. The van der Waals surface area contributed by atoms with Gasteiger partial charge in [-0.3, -0.25) is 0 Å². The zero-order valence-electron chi connectivity index (χ0n) is 10.8. The molecule has 1 fully saturated rings. The van der Waals surface area contributed by atoms with E-state index >= 15 is 0 Å². The molecule has 0 N–H and O–H groups in total. The Hall–Kier alpha value is -0.540. The highest BCUT2D eigenvalue weighted by atomic mass is 79.9. The number of hydrogen-bond acceptors (Lipinski definition) is 2. The van der Waals surface area contributed by atoms with Crippen LogP contribution in [0, 0.1) is 0 Å². The van der Waals surface area contributed by atoms with E-state index in [1.54, 1.807) is 0 Å². The number of rotatable bonds is 1. The van der Waals surface area contributed by atoms with E-state index in [0.29, 0.717) is 0 Å². The van der Waals surface area contributed by atoms with Crippen molar-refractivity contribution in [3.8, 4) is 0 Å². The van der Waals surface area contributed by atoms with Gasteiger partial charge in [0.2, 0.25) is 0 Å². The quantitative estimate of drug-likeness (QED) is 0.785. The largest absolute Gasteiger partial charge is 0.378 e. The standard InChI is InChI=1S/C14H20BrNO/c1-14(2,3)12-10-11(15)4-5-13(12)16-6-8-17-9-7-16/h4-5,10H,6-9H2,1-3H3. The van der Waals surface area contributed by atoms with E-state index in [1.807, 2.05) is 0 Å². The summed E-state index contributed by atoms with van der Waals surface area (Å²) in [4.78, 5) is 2.43. The average Bonchev–Trinajstić information content (AvgIpc) is 2.29. The molecule has 0 spiro atoms. The second kappa shape index (κ2) is 4.99. The van der Waals surface area contributed by atoms with Crippen LogP contribution in [0.4, 0.5) is 5.69 Å². The van der Waals surface area contributed by atoms with E-state index in [9.17, 15) is 0 Å². The number of morpholine rings is 1. The first-order chi connectivity index (χ1) is 7.98. The van der Waals surface area contributed by atoms with Gasteiger partial charge in [0.15, 0.2) is 0 Å². The average molecular weight is 298 g/mol. The van der Waals surface area contributed by atoms with Crippen molar-refractivity contribution in [3.05, 3.63) is 28.2 Å². The van der Waals surface area contributed by atoms with Gasteiger partial charge in [0.25, 0.3) is 0 Å². The van der Waals surface area contributed by atoms with Crippen molar-refractivity contribution in [2.24, 2.45) is 0 Å². The van der Waals surface area contributed by atoms with Crippen molar-refractivity contribution in [1.82, 2.24) is 0 Å². The first-order valence-electron chi connectivity index (χ1n) is 6.11. The lowest BCUT2D eigenvalue weighted by atomic mass is 9.85. The van der Waals surface area contributed by atoms with E-state index in [2.05, 4.69) is 59.8 Å². The molecule has 0 aromatic heterocycles. The molecule has 0 atom stereocenters. The highest BCUT2D eigenvalue weighted by Gasteiger charge is 2.22. The van der Waals surface area contributed by atoms with E-state index in [-0.39, 0.29) is 5.41 Å². The van der Waals surface area contributed by atoms with Gasteiger partial charge in [-0.1, -0.05) is 36.7 Å². The summed E-state index contributed by atoms with van der Waals surface area (Å²) in [5, 5.41) is 0. The molecule has 1 heterocycles. The van der Waals surface area contributed by atoms with Gasteiger partial charge < -0.3 is 9.64 Å². The van der Waals surface area contributed by atoms with Crippen molar-refractivity contribution in [2.45, 2.75) is 26.2 Å². The molecule has 1 aromatic rings. The molecule has 0 saturated carbocycles. The van der Waals surface area contributed by atoms with Crippen molar-refractivity contribution < 1.29 is 4.74 Å². The van der Waals surface area contributed by atoms with Crippen LogP contribution >= 0.6 is 15.9 Å². The minimum atomic E-state index is 0.164. The molecule has 1 aromatic carbocycles. The highest BCUT2D eigenvalue weighted by Crippen LogP contribution is 2.34. The predicted molar refractivity (Wildman–Crippen MR) is 75.9 cm³/mol. The molecule has 0 amide bonds. The van der Waals surface area contributed by atoms with Crippen LogP contribution in [0.1, 0.15) is 26.3 Å². The lowest BCUT2D eigenvalue weighted by molar-refractivity contribution is 0.122. The van der Waals surface area contributed by atoms with Crippen molar-refractivity contribution in [2.75, 3.05) is 31.2 Å². The Kier molecular flexibility index (Phi) is 3.79. The Morgan fingerprint density at radius 2 is 1.82 bits per heavy atom. The van der Waals surface area contributed by atoms with E-state index in [0.717, 1.165) is 30.8 Å². The van der Waals surface area contributed by atoms with Crippen LogP contribution in [0.25, 0.3) is 0 Å². The Morgan fingerprint density at radius 3 is 2.41 bits per heavy atom. The van der Waals surface area contributed by atoms with Crippen molar-refractivity contribution in [3.63, 3.8) is 0 Å². The molecule has 2 rings (SSSR count). The SMILES string of the molecule is CC(C)(C)c1cc(Br)ccc1N1CCOCC1. The zero-order valence-corrected chi connectivity index (χ0v) is 12.4. The summed E-state index contributed by atoms with van der Waals surface area (Å²) < 4.78 is 6.57. The normalized spacial score (nSPS) is 17.3. The van der Waals surface area contributed by atoms with Crippen LogP contribution in [0.5, 0.6) is 0 Å². The molecule has 0 radical (unpaired) electrons. The molecule has 1 aliphatic rings. The molecule has 0 unspecified atom stereocenters. The van der Waals surface area contributed by atoms with Gasteiger partial charge in [0, 0.05) is 23.2 Å². The molecule has 94 valence electrons. The second-order valence-corrected chi connectivity index (χ2v) is 6.43. The van der Waals surface area contributed by atoms with Gasteiger partial charge >= 0.3 is 0 Å². The summed E-state index contributed by atoms with van der Waals surface area (Å²) >= 11 is 3.57. The first-order valence-corrected chi connectivity index (χ1v) is 6.90. The Labute approximate surface area is 112 Å². The Bertz CT molecular complexity index is 392. The fourth-order valence-corrected chi connectivity index (χ4v) is 2.55. The Balaban J connectivity index is 2.38. The molecule has 1 aliphatic heterocycles. The van der Waals surface area contributed by atoms with Crippen LogP contribution in [0.15, 0.2) is 22.7 Å². The number of ether oxygens (including phenoxy) is 1. The first kappa shape index (κ1) is 12.9. The van der Waals surface area contributed by atoms with Crippen LogP contribution in [-0.4, -0.2) is 26.3 Å². The van der Waals surface area contributed by atoms with Gasteiger partial charge in [-0.2, -0.15) is 0 Å². The number of anilines is 1. The predicted octanol–water partition coefficient (Wildman–Crippen LogP) is 3.58.